The Balaban J connectivity index is 1.85. The monoisotopic (exact) mass is 298 g/mol. The van der Waals surface area contributed by atoms with Crippen molar-refractivity contribution in [3.8, 4) is 5.75 Å². The van der Waals surface area contributed by atoms with Crippen LogP contribution in [0.1, 0.15) is 15.9 Å². The van der Waals surface area contributed by atoms with Gasteiger partial charge in [-0.25, -0.2) is 0 Å². The van der Waals surface area contributed by atoms with Crippen LogP contribution in [0.3, 0.4) is 0 Å². The van der Waals surface area contributed by atoms with Gasteiger partial charge in [0, 0.05) is 19.2 Å². The number of ether oxygens (including phenoxy) is 1. The van der Waals surface area contributed by atoms with E-state index in [1.807, 2.05) is 30.3 Å². The van der Waals surface area contributed by atoms with Crippen molar-refractivity contribution in [3.63, 3.8) is 0 Å². The van der Waals surface area contributed by atoms with E-state index < -0.39 is 5.91 Å². The minimum absolute atomic E-state index is 0.0563. The molecule has 0 fully saturated rings. The molecule has 5 heteroatoms. The summed E-state index contributed by atoms with van der Waals surface area (Å²) in [6.07, 6.45) is 0. The summed E-state index contributed by atoms with van der Waals surface area (Å²) in [7, 11) is 1.73. The summed E-state index contributed by atoms with van der Waals surface area (Å²) in [6, 6.07) is 16.1. The lowest BCUT2D eigenvalue weighted by molar-refractivity contribution is -0.132. The summed E-state index contributed by atoms with van der Waals surface area (Å²) in [5.41, 5.74) is 6.62. The molecule has 0 heterocycles. The molecule has 2 aromatic rings. The normalized spacial score (nSPS) is 10.0. The minimum Gasteiger partial charge on any atom is -0.484 e. The fourth-order valence-corrected chi connectivity index (χ4v) is 1.92. The largest absolute Gasteiger partial charge is 0.484 e. The zero-order valence-corrected chi connectivity index (χ0v) is 12.4. The first-order valence-electron chi connectivity index (χ1n) is 6.87. The minimum atomic E-state index is -0.495. The number of benzene rings is 2. The van der Waals surface area contributed by atoms with Gasteiger partial charge >= 0.3 is 0 Å². The van der Waals surface area contributed by atoms with Crippen molar-refractivity contribution in [2.45, 2.75) is 6.54 Å². The molecule has 0 aliphatic carbocycles. The van der Waals surface area contributed by atoms with Crippen LogP contribution in [0.2, 0.25) is 0 Å². The number of hydrogen-bond acceptors (Lipinski definition) is 3. The average molecular weight is 298 g/mol. The van der Waals surface area contributed by atoms with Gasteiger partial charge in [0.15, 0.2) is 6.61 Å². The van der Waals surface area contributed by atoms with Crippen LogP contribution >= 0.6 is 0 Å². The number of carbonyl (C=O) groups is 2. The molecule has 0 atom stereocenters. The number of nitrogens with zero attached hydrogens (tertiary/aromatic N) is 1. The van der Waals surface area contributed by atoms with E-state index in [0.29, 0.717) is 17.9 Å². The summed E-state index contributed by atoms with van der Waals surface area (Å²) in [5.74, 6) is -0.0977. The summed E-state index contributed by atoms with van der Waals surface area (Å²) >= 11 is 0. The molecule has 0 spiro atoms. The molecule has 5 nitrogen and oxygen atoms in total. The van der Waals surface area contributed by atoms with Crippen LogP contribution in [-0.2, 0) is 11.3 Å². The van der Waals surface area contributed by atoms with Crippen LogP contribution < -0.4 is 10.5 Å². The second kappa shape index (κ2) is 7.26. The van der Waals surface area contributed by atoms with Crippen molar-refractivity contribution in [2.75, 3.05) is 13.7 Å². The third-order valence-electron chi connectivity index (χ3n) is 3.19. The molecule has 2 rings (SSSR count). The van der Waals surface area contributed by atoms with Gasteiger partial charge in [-0.2, -0.15) is 0 Å². The van der Waals surface area contributed by atoms with E-state index >= 15 is 0 Å². The highest BCUT2D eigenvalue weighted by Gasteiger charge is 2.10. The molecule has 0 saturated carbocycles. The fourth-order valence-electron chi connectivity index (χ4n) is 1.92. The van der Waals surface area contributed by atoms with Gasteiger partial charge < -0.3 is 15.4 Å². The number of primary amides is 1. The highest BCUT2D eigenvalue weighted by molar-refractivity contribution is 5.92. The van der Waals surface area contributed by atoms with Gasteiger partial charge in [0.25, 0.3) is 5.91 Å². The molecule has 0 aliphatic heterocycles. The highest BCUT2D eigenvalue weighted by Crippen LogP contribution is 2.12. The summed E-state index contributed by atoms with van der Waals surface area (Å²) < 4.78 is 5.42. The van der Waals surface area contributed by atoms with Crippen molar-refractivity contribution >= 4 is 11.8 Å². The predicted octanol–water partition coefficient (Wildman–Crippen LogP) is 1.82. The maximum Gasteiger partial charge on any atom is 0.260 e. The van der Waals surface area contributed by atoms with Gasteiger partial charge in [0.2, 0.25) is 5.91 Å². The second-order valence-electron chi connectivity index (χ2n) is 4.91. The van der Waals surface area contributed by atoms with Gasteiger partial charge in [-0.05, 0) is 29.8 Å². The molecule has 2 amide bonds. The van der Waals surface area contributed by atoms with Gasteiger partial charge in [-0.1, -0.05) is 30.3 Å². The van der Waals surface area contributed by atoms with Crippen molar-refractivity contribution in [3.05, 3.63) is 65.7 Å². The molecule has 0 saturated heterocycles. The zero-order valence-electron chi connectivity index (χ0n) is 12.4. The lowest BCUT2D eigenvalue weighted by Gasteiger charge is -2.17. The fraction of sp³-hybridized carbons (Fsp3) is 0.176. The third kappa shape index (κ3) is 4.34. The van der Waals surface area contributed by atoms with Crippen LogP contribution in [0.25, 0.3) is 0 Å². The Bertz CT molecular complexity index is 639. The lowest BCUT2D eigenvalue weighted by atomic mass is 10.2. The second-order valence-corrected chi connectivity index (χ2v) is 4.91. The quantitative estimate of drug-likeness (QED) is 0.884. The van der Waals surface area contributed by atoms with Gasteiger partial charge in [-0.3, -0.25) is 9.59 Å². The molecular weight excluding hydrogens is 280 g/mol. The standard InChI is InChI=1S/C17H18N2O3/c1-19(11-13-5-3-2-4-6-13)16(20)12-22-15-9-7-14(8-10-15)17(18)21/h2-10H,11-12H2,1H3,(H2,18,21). The first-order chi connectivity index (χ1) is 10.6. The lowest BCUT2D eigenvalue weighted by Crippen LogP contribution is -2.30. The maximum atomic E-state index is 12.0. The first-order valence-corrected chi connectivity index (χ1v) is 6.87. The van der Waals surface area contributed by atoms with Crippen LogP contribution in [0.5, 0.6) is 5.75 Å². The first kappa shape index (κ1) is 15.6. The van der Waals surface area contributed by atoms with Gasteiger partial charge in [0.05, 0.1) is 0 Å². The Labute approximate surface area is 129 Å². The van der Waals surface area contributed by atoms with Crippen molar-refractivity contribution in [2.24, 2.45) is 5.73 Å². The number of likely N-dealkylation sites (N-methyl/N-ethyl adjacent to an activating group) is 1. The summed E-state index contributed by atoms with van der Waals surface area (Å²) in [6.45, 7) is 0.475. The highest BCUT2D eigenvalue weighted by atomic mass is 16.5. The Hall–Kier alpha value is -2.82. The topological polar surface area (TPSA) is 72.6 Å². The molecule has 2 aromatic carbocycles. The molecule has 2 N–H and O–H groups in total. The Morgan fingerprint density at radius 2 is 1.68 bits per heavy atom. The van der Waals surface area contributed by atoms with E-state index in [1.165, 1.54) is 0 Å². The number of amides is 2. The van der Waals surface area contributed by atoms with Crippen LogP contribution in [0.15, 0.2) is 54.6 Å². The van der Waals surface area contributed by atoms with Gasteiger partial charge in [0.1, 0.15) is 5.75 Å². The Morgan fingerprint density at radius 3 is 2.27 bits per heavy atom. The Morgan fingerprint density at radius 1 is 1.05 bits per heavy atom. The van der Waals surface area contributed by atoms with E-state index in [2.05, 4.69) is 0 Å². The van der Waals surface area contributed by atoms with Crippen LogP contribution in [-0.4, -0.2) is 30.4 Å². The molecule has 22 heavy (non-hydrogen) atoms. The van der Waals surface area contributed by atoms with E-state index in [-0.39, 0.29) is 12.5 Å². The van der Waals surface area contributed by atoms with Crippen LogP contribution in [0, 0.1) is 0 Å². The van der Waals surface area contributed by atoms with Crippen LogP contribution in [0.4, 0.5) is 0 Å². The third-order valence-corrected chi connectivity index (χ3v) is 3.19. The molecule has 0 radical (unpaired) electrons. The molecule has 0 unspecified atom stereocenters. The van der Waals surface area contributed by atoms with Crippen molar-refractivity contribution < 1.29 is 14.3 Å². The Kier molecular flexibility index (Phi) is 5.14. The number of nitrogens with two attached hydrogens (primary N) is 1. The van der Waals surface area contributed by atoms with Gasteiger partial charge in [-0.15, -0.1) is 0 Å². The molecule has 0 bridgehead atoms. The van der Waals surface area contributed by atoms with E-state index in [9.17, 15) is 9.59 Å². The van der Waals surface area contributed by atoms with Crippen molar-refractivity contribution in [1.82, 2.24) is 4.90 Å². The van der Waals surface area contributed by atoms with Crippen molar-refractivity contribution in [1.29, 1.82) is 0 Å². The number of rotatable bonds is 6. The summed E-state index contributed by atoms with van der Waals surface area (Å²) in [5, 5.41) is 0. The number of carbonyl (C=O) groups excluding carboxylic acids is 2. The predicted molar refractivity (Wildman–Crippen MR) is 83.4 cm³/mol. The SMILES string of the molecule is CN(Cc1ccccc1)C(=O)COc1ccc(C(N)=O)cc1. The van der Waals surface area contributed by atoms with E-state index in [0.717, 1.165) is 5.56 Å². The summed E-state index contributed by atoms with van der Waals surface area (Å²) in [4.78, 5) is 24.6. The smallest absolute Gasteiger partial charge is 0.260 e. The molecule has 0 aliphatic rings. The molecule has 0 aromatic heterocycles. The zero-order chi connectivity index (χ0) is 15.9. The van der Waals surface area contributed by atoms with E-state index in [1.54, 1.807) is 36.2 Å². The average Bonchev–Trinajstić information content (AvgIpc) is 2.53. The number of hydrogen-bond donors (Lipinski definition) is 1. The maximum absolute atomic E-state index is 12.0. The molecule has 114 valence electrons. The molecular formula is C17H18N2O3. The van der Waals surface area contributed by atoms with E-state index in [4.69, 9.17) is 10.5 Å².